The van der Waals surface area contributed by atoms with Gasteiger partial charge in [-0.25, -0.2) is 14.4 Å². The van der Waals surface area contributed by atoms with Gasteiger partial charge in [-0.1, -0.05) is 6.07 Å². The van der Waals surface area contributed by atoms with Gasteiger partial charge in [0.15, 0.2) is 11.5 Å². The molecule has 0 unspecified atom stereocenters. The van der Waals surface area contributed by atoms with Gasteiger partial charge >= 0.3 is 0 Å². The van der Waals surface area contributed by atoms with E-state index >= 15 is 0 Å². The highest BCUT2D eigenvalue weighted by atomic mass is 19.1. The van der Waals surface area contributed by atoms with E-state index in [9.17, 15) is 9.18 Å². The molecule has 7 nitrogen and oxygen atoms in total. The van der Waals surface area contributed by atoms with Crippen molar-refractivity contribution in [3.8, 4) is 11.5 Å². The fraction of sp³-hybridized carbons (Fsp3) is 0.0556. The number of rotatable bonds is 4. The van der Waals surface area contributed by atoms with Gasteiger partial charge in [0.25, 0.3) is 5.91 Å². The lowest BCUT2D eigenvalue weighted by molar-refractivity contribution is 0.102. The second kappa shape index (κ2) is 6.67. The van der Waals surface area contributed by atoms with Gasteiger partial charge in [-0.05, 0) is 30.3 Å². The number of carbonyl (C=O) groups is 1. The van der Waals surface area contributed by atoms with Gasteiger partial charge in [0.2, 0.25) is 6.79 Å². The predicted octanol–water partition coefficient (Wildman–Crippen LogP) is 3.34. The molecule has 8 heteroatoms. The SMILES string of the molecule is O=C(Nc1ccc2c(c1)OCO2)c1cc(Nc2cccc(F)c2)ncn1. The molecular formula is C18H13FN4O3. The average molecular weight is 352 g/mol. The Morgan fingerprint density at radius 3 is 2.77 bits per heavy atom. The van der Waals surface area contributed by atoms with Crippen molar-refractivity contribution in [2.75, 3.05) is 17.4 Å². The van der Waals surface area contributed by atoms with Crippen molar-refractivity contribution in [2.24, 2.45) is 0 Å². The molecule has 26 heavy (non-hydrogen) atoms. The number of nitrogens with one attached hydrogen (secondary N) is 2. The number of halogens is 1. The summed E-state index contributed by atoms with van der Waals surface area (Å²) in [6.07, 6.45) is 1.26. The number of ether oxygens (including phenoxy) is 2. The highest BCUT2D eigenvalue weighted by molar-refractivity contribution is 6.03. The topological polar surface area (TPSA) is 85.4 Å². The molecule has 0 saturated heterocycles. The Morgan fingerprint density at radius 1 is 1.00 bits per heavy atom. The maximum absolute atomic E-state index is 13.3. The van der Waals surface area contributed by atoms with Crippen molar-refractivity contribution >= 4 is 23.1 Å². The number of hydrogen-bond acceptors (Lipinski definition) is 6. The lowest BCUT2D eigenvalue weighted by Crippen LogP contribution is -2.14. The monoisotopic (exact) mass is 352 g/mol. The van der Waals surface area contributed by atoms with Crippen LogP contribution in [0.1, 0.15) is 10.5 Å². The lowest BCUT2D eigenvalue weighted by Gasteiger charge is -2.08. The summed E-state index contributed by atoms with van der Waals surface area (Å²) in [4.78, 5) is 20.4. The molecule has 0 fully saturated rings. The van der Waals surface area contributed by atoms with Crippen molar-refractivity contribution in [1.82, 2.24) is 9.97 Å². The first-order valence-corrected chi connectivity index (χ1v) is 7.73. The molecular weight excluding hydrogens is 339 g/mol. The van der Waals surface area contributed by atoms with Crippen LogP contribution < -0.4 is 20.1 Å². The molecule has 0 spiro atoms. The fourth-order valence-electron chi connectivity index (χ4n) is 2.43. The Balaban J connectivity index is 1.49. The molecule has 2 aromatic carbocycles. The van der Waals surface area contributed by atoms with Crippen LogP contribution in [0.2, 0.25) is 0 Å². The van der Waals surface area contributed by atoms with Crippen LogP contribution in [-0.4, -0.2) is 22.7 Å². The lowest BCUT2D eigenvalue weighted by atomic mass is 10.2. The summed E-state index contributed by atoms with van der Waals surface area (Å²) in [6.45, 7) is 0.160. The molecule has 1 aromatic heterocycles. The molecule has 2 N–H and O–H groups in total. The zero-order chi connectivity index (χ0) is 17.9. The minimum absolute atomic E-state index is 0.160. The normalized spacial score (nSPS) is 11.9. The molecule has 0 aliphatic carbocycles. The van der Waals surface area contributed by atoms with Gasteiger partial charge in [-0.3, -0.25) is 4.79 Å². The quantitative estimate of drug-likeness (QED) is 0.749. The van der Waals surface area contributed by atoms with E-state index in [4.69, 9.17) is 9.47 Å². The first kappa shape index (κ1) is 15.8. The Morgan fingerprint density at radius 2 is 1.88 bits per heavy atom. The third-order valence-electron chi connectivity index (χ3n) is 3.63. The molecule has 3 aromatic rings. The minimum Gasteiger partial charge on any atom is -0.454 e. The van der Waals surface area contributed by atoms with E-state index in [1.807, 2.05) is 0 Å². The van der Waals surface area contributed by atoms with Crippen LogP contribution in [0.5, 0.6) is 11.5 Å². The van der Waals surface area contributed by atoms with Crippen LogP contribution in [0.4, 0.5) is 21.6 Å². The minimum atomic E-state index is -0.409. The summed E-state index contributed by atoms with van der Waals surface area (Å²) >= 11 is 0. The van der Waals surface area contributed by atoms with Crippen molar-refractivity contribution < 1.29 is 18.7 Å². The van der Waals surface area contributed by atoms with Crippen LogP contribution in [0.3, 0.4) is 0 Å². The molecule has 0 bridgehead atoms. The van der Waals surface area contributed by atoms with Gasteiger partial charge in [-0.15, -0.1) is 0 Å². The summed E-state index contributed by atoms with van der Waals surface area (Å²) in [5.74, 6) is 0.797. The van der Waals surface area contributed by atoms with E-state index in [0.29, 0.717) is 28.7 Å². The number of anilines is 3. The number of benzene rings is 2. The van der Waals surface area contributed by atoms with Crippen molar-refractivity contribution in [1.29, 1.82) is 0 Å². The standard InChI is InChI=1S/C18H13FN4O3/c19-11-2-1-3-12(6-11)22-17-8-14(20-9-21-17)18(24)23-13-4-5-15-16(7-13)26-10-25-15/h1-9H,10H2,(H,23,24)(H,20,21,22). The summed E-state index contributed by atoms with van der Waals surface area (Å²) < 4.78 is 23.8. The zero-order valence-electron chi connectivity index (χ0n) is 13.4. The zero-order valence-corrected chi connectivity index (χ0v) is 13.4. The van der Waals surface area contributed by atoms with Gasteiger partial charge in [0, 0.05) is 23.5 Å². The van der Waals surface area contributed by atoms with Crippen molar-refractivity contribution in [3.05, 3.63) is 66.4 Å². The smallest absolute Gasteiger partial charge is 0.274 e. The van der Waals surface area contributed by atoms with Crippen molar-refractivity contribution in [2.45, 2.75) is 0 Å². The third-order valence-corrected chi connectivity index (χ3v) is 3.63. The van der Waals surface area contributed by atoms with Crippen LogP contribution >= 0.6 is 0 Å². The summed E-state index contributed by atoms with van der Waals surface area (Å²) in [5, 5.41) is 5.67. The molecule has 1 aliphatic heterocycles. The largest absolute Gasteiger partial charge is 0.454 e. The van der Waals surface area contributed by atoms with E-state index < -0.39 is 5.91 Å². The molecule has 1 amide bonds. The average Bonchev–Trinajstić information content (AvgIpc) is 3.10. The molecule has 0 saturated carbocycles. The van der Waals surface area contributed by atoms with Gasteiger partial charge in [-0.2, -0.15) is 0 Å². The first-order valence-electron chi connectivity index (χ1n) is 7.73. The summed E-state index contributed by atoms with van der Waals surface area (Å²) in [6, 6.07) is 12.5. The predicted molar refractivity (Wildman–Crippen MR) is 92.2 cm³/mol. The van der Waals surface area contributed by atoms with Crippen LogP contribution in [0.25, 0.3) is 0 Å². The van der Waals surface area contributed by atoms with E-state index in [1.54, 1.807) is 30.3 Å². The summed E-state index contributed by atoms with van der Waals surface area (Å²) in [5.41, 5.74) is 1.24. The Hall–Kier alpha value is -3.68. The first-order chi connectivity index (χ1) is 12.7. The number of nitrogens with zero attached hydrogens (tertiary/aromatic N) is 2. The molecule has 0 atom stereocenters. The second-order valence-corrected chi connectivity index (χ2v) is 5.45. The maximum atomic E-state index is 13.3. The number of amides is 1. The van der Waals surface area contributed by atoms with Crippen LogP contribution in [0, 0.1) is 5.82 Å². The van der Waals surface area contributed by atoms with E-state index in [1.165, 1.54) is 24.5 Å². The molecule has 130 valence electrons. The van der Waals surface area contributed by atoms with Gasteiger partial charge in [0.05, 0.1) is 0 Å². The molecule has 1 aliphatic rings. The molecule has 0 radical (unpaired) electrons. The van der Waals surface area contributed by atoms with Crippen LogP contribution in [-0.2, 0) is 0 Å². The van der Waals surface area contributed by atoms with Crippen LogP contribution in [0.15, 0.2) is 54.9 Å². The highest BCUT2D eigenvalue weighted by Gasteiger charge is 2.15. The Labute approximate surface area is 147 Å². The summed E-state index contributed by atoms with van der Waals surface area (Å²) in [7, 11) is 0. The highest BCUT2D eigenvalue weighted by Crippen LogP contribution is 2.34. The van der Waals surface area contributed by atoms with E-state index in [-0.39, 0.29) is 18.3 Å². The second-order valence-electron chi connectivity index (χ2n) is 5.45. The molecule has 2 heterocycles. The number of carbonyl (C=O) groups excluding carboxylic acids is 1. The van der Waals surface area contributed by atoms with E-state index in [2.05, 4.69) is 20.6 Å². The van der Waals surface area contributed by atoms with Gasteiger partial charge in [0.1, 0.15) is 23.7 Å². The maximum Gasteiger partial charge on any atom is 0.274 e. The van der Waals surface area contributed by atoms with Crippen molar-refractivity contribution in [3.63, 3.8) is 0 Å². The molecule has 4 rings (SSSR count). The number of aromatic nitrogens is 2. The number of fused-ring (bicyclic) bond motifs is 1. The van der Waals surface area contributed by atoms with Gasteiger partial charge < -0.3 is 20.1 Å². The fourth-order valence-corrected chi connectivity index (χ4v) is 2.43. The van der Waals surface area contributed by atoms with E-state index in [0.717, 1.165) is 0 Å². The number of hydrogen-bond donors (Lipinski definition) is 2. The third kappa shape index (κ3) is 3.39. The Kier molecular flexibility index (Phi) is 4.06. The Bertz CT molecular complexity index is 980.